The number of rotatable bonds is 6. The van der Waals surface area contributed by atoms with Crippen LogP contribution >= 0.6 is 0 Å². The van der Waals surface area contributed by atoms with Gasteiger partial charge in [0.15, 0.2) is 6.61 Å². The number of hydrogen-bond acceptors (Lipinski definition) is 6. The zero-order chi connectivity index (χ0) is 13.1. The quantitative estimate of drug-likeness (QED) is 0.522. The Bertz CT molecular complexity index is 233. The second kappa shape index (κ2) is 9.99. The Morgan fingerprint density at radius 1 is 1.65 bits per heavy atom. The molecule has 1 heterocycles. The average molecular weight is 244 g/mol. The van der Waals surface area contributed by atoms with Gasteiger partial charge in [-0.2, -0.15) is 5.48 Å². The highest BCUT2D eigenvalue weighted by Gasteiger charge is 2.19. The first-order valence-corrected chi connectivity index (χ1v) is 5.49. The fourth-order valence-corrected chi connectivity index (χ4v) is 1.76. The summed E-state index contributed by atoms with van der Waals surface area (Å²) in [6.45, 7) is 6.68. The van der Waals surface area contributed by atoms with Gasteiger partial charge in [0.2, 0.25) is 0 Å². The van der Waals surface area contributed by atoms with Crippen molar-refractivity contribution in [3.63, 3.8) is 0 Å². The lowest BCUT2D eigenvalue weighted by molar-refractivity contribution is -0.146. The third-order valence-corrected chi connectivity index (χ3v) is 2.40. The highest BCUT2D eigenvalue weighted by Crippen LogP contribution is 2.09. The van der Waals surface area contributed by atoms with Crippen molar-refractivity contribution < 1.29 is 14.7 Å². The van der Waals surface area contributed by atoms with Gasteiger partial charge in [-0.15, -0.1) is 0 Å². The number of carbonyl (C=O) groups is 1. The van der Waals surface area contributed by atoms with E-state index in [1.54, 1.807) is 0 Å². The van der Waals surface area contributed by atoms with Crippen molar-refractivity contribution in [3.05, 3.63) is 0 Å². The second-order valence-electron chi connectivity index (χ2n) is 3.73. The van der Waals surface area contributed by atoms with Crippen molar-refractivity contribution in [2.45, 2.75) is 18.9 Å². The highest BCUT2D eigenvalue weighted by molar-refractivity contribution is 5.67. The Balaban J connectivity index is 0.00000121. The van der Waals surface area contributed by atoms with E-state index in [1.165, 1.54) is 0 Å². The predicted octanol–water partition coefficient (Wildman–Crippen LogP) is -0.845. The Morgan fingerprint density at radius 3 is 2.94 bits per heavy atom. The molecule has 1 saturated heterocycles. The van der Waals surface area contributed by atoms with E-state index in [0.29, 0.717) is 6.54 Å². The molecule has 0 aromatic rings. The number of nitrogens with zero attached hydrogens (tertiary/aromatic N) is 2. The Hall–Kier alpha value is -1.20. The molecule has 0 saturated carbocycles. The molecule has 0 radical (unpaired) electrons. The maximum absolute atomic E-state index is 10.2. The van der Waals surface area contributed by atoms with E-state index < -0.39 is 5.97 Å². The van der Waals surface area contributed by atoms with Gasteiger partial charge < -0.3 is 15.7 Å². The van der Waals surface area contributed by atoms with Gasteiger partial charge in [-0.1, -0.05) is 0 Å². The number of nitrogens with two attached hydrogens (primary N) is 1. The van der Waals surface area contributed by atoms with Crippen LogP contribution < -0.4 is 11.2 Å². The van der Waals surface area contributed by atoms with Crippen molar-refractivity contribution in [2.75, 3.05) is 32.8 Å². The summed E-state index contributed by atoms with van der Waals surface area (Å²) in [6, 6.07) is 0.213. The van der Waals surface area contributed by atoms with E-state index in [4.69, 9.17) is 20.9 Å². The van der Waals surface area contributed by atoms with Crippen molar-refractivity contribution in [2.24, 2.45) is 5.73 Å². The minimum absolute atomic E-state index is 0.213. The van der Waals surface area contributed by atoms with Crippen LogP contribution in [-0.2, 0) is 9.63 Å². The van der Waals surface area contributed by atoms with Gasteiger partial charge in [-0.3, -0.25) is 4.84 Å². The molecule has 1 aliphatic rings. The van der Waals surface area contributed by atoms with E-state index in [9.17, 15) is 4.79 Å². The number of aliphatic carboxylic acids is 1. The molecule has 7 nitrogen and oxygen atoms in total. The molecule has 17 heavy (non-hydrogen) atoms. The first kappa shape index (κ1) is 15.8. The number of hydrogen-bond donors (Lipinski definition) is 3. The molecule has 0 bridgehead atoms. The van der Waals surface area contributed by atoms with Crippen LogP contribution in [0.15, 0.2) is 0 Å². The zero-order valence-electron chi connectivity index (χ0n) is 9.84. The van der Waals surface area contributed by atoms with E-state index in [0.717, 1.165) is 32.5 Å². The molecule has 1 atom stereocenters. The summed E-state index contributed by atoms with van der Waals surface area (Å²) in [5.74, 6) is -0.961. The third kappa shape index (κ3) is 7.65. The molecule has 0 aromatic heterocycles. The molecule has 0 spiro atoms. The molecular formula is C10H20N4O3. The van der Waals surface area contributed by atoms with Crippen LogP contribution in [0.1, 0.15) is 12.8 Å². The van der Waals surface area contributed by atoms with Crippen LogP contribution in [0.5, 0.6) is 0 Å². The van der Waals surface area contributed by atoms with Crippen molar-refractivity contribution in [1.82, 2.24) is 10.4 Å². The van der Waals surface area contributed by atoms with Gasteiger partial charge in [0.25, 0.3) is 0 Å². The van der Waals surface area contributed by atoms with Crippen LogP contribution in [0.25, 0.3) is 0 Å². The first-order valence-electron chi connectivity index (χ1n) is 5.49. The minimum Gasteiger partial charge on any atom is -0.479 e. The normalized spacial score (nSPS) is 20.3. The Kier molecular flexibility index (Phi) is 9.28. The number of likely N-dealkylation sites (tertiary alicyclic amines) is 1. The Morgan fingerprint density at radius 2 is 2.35 bits per heavy atom. The molecule has 1 unspecified atom stereocenters. The Labute approximate surface area is 101 Å². The number of nitriles is 1. The van der Waals surface area contributed by atoms with Gasteiger partial charge in [0.1, 0.15) is 0 Å². The summed E-state index contributed by atoms with van der Waals surface area (Å²) in [5.41, 5.74) is 8.25. The van der Waals surface area contributed by atoms with Gasteiger partial charge >= 0.3 is 5.97 Å². The molecule has 1 aliphatic heterocycles. The monoisotopic (exact) mass is 244 g/mol. The molecule has 1 rings (SSSR count). The topological polar surface area (TPSA) is 112 Å². The third-order valence-electron chi connectivity index (χ3n) is 2.40. The lowest BCUT2D eigenvalue weighted by atomic mass is 10.1. The minimum atomic E-state index is -0.961. The summed E-state index contributed by atoms with van der Waals surface area (Å²) >= 11 is 0. The molecular weight excluding hydrogens is 224 g/mol. The average Bonchev–Trinajstić information content (AvgIpc) is 2.32. The maximum Gasteiger partial charge on any atom is 0.331 e. The zero-order valence-corrected chi connectivity index (χ0v) is 9.84. The number of carboxylic acid groups (broad SMARTS) is 1. The fourth-order valence-electron chi connectivity index (χ4n) is 1.76. The van der Waals surface area contributed by atoms with Gasteiger partial charge in [-0.05, 0) is 19.4 Å². The summed E-state index contributed by atoms with van der Waals surface area (Å²) in [4.78, 5) is 17.3. The smallest absolute Gasteiger partial charge is 0.331 e. The van der Waals surface area contributed by atoms with Crippen LogP contribution in [0.4, 0.5) is 0 Å². The van der Waals surface area contributed by atoms with Gasteiger partial charge in [-0.25, -0.2) is 10.1 Å². The van der Waals surface area contributed by atoms with Gasteiger partial charge in [0.05, 0.1) is 0 Å². The molecule has 0 aliphatic carbocycles. The standard InChI is InChI=1S/C9H19N3O3.CHN/c10-3-5-12-4-1-2-8(6-12)11-15-7-9(13)14;1-2/h8,11H,1-7,10H2,(H,13,14);1H. The number of piperidine rings is 1. The lowest BCUT2D eigenvalue weighted by Gasteiger charge is -2.32. The summed E-state index contributed by atoms with van der Waals surface area (Å²) in [5, 5.41) is 14.9. The van der Waals surface area contributed by atoms with Crippen LogP contribution in [-0.4, -0.2) is 54.8 Å². The second-order valence-corrected chi connectivity index (χ2v) is 3.73. The molecule has 0 amide bonds. The van der Waals surface area contributed by atoms with Crippen molar-refractivity contribution >= 4 is 5.97 Å². The number of hydroxylamine groups is 1. The maximum atomic E-state index is 10.2. The molecule has 4 N–H and O–H groups in total. The molecule has 7 heteroatoms. The first-order chi connectivity index (χ1) is 8.22. The molecule has 0 aromatic carbocycles. The van der Waals surface area contributed by atoms with Crippen molar-refractivity contribution in [1.29, 1.82) is 5.26 Å². The highest BCUT2D eigenvalue weighted by atomic mass is 16.7. The van der Waals surface area contributed by atoms with Gasteiger partial charge in [0, 0.05) is 32.2 Å². The SMILES string of the molecule is C#N.NCCN1CCCC(NOCC(=O)O)C1. The molecule has 1 fully saturated rings. The summed E-state index contributed by atoms with van der Waals surface area (Å²) in [6.07, 6.45) is 2.11. The predicted molar refractivity (Wildman–Crippen MR) is 61.9 cm³/mol. The summed E-state index contributed by atoms with van der Waals surface area (Å²) in [7, 11) is 0. The van der Waals surface area contributed by atoms with Crippen LogP contribution in [0.2, 0.25) is 0 Å². The van der Waals surface area contributed by atoms with Crippen LogP contribution in [0, 0.1) is 11.8 Å². The van der Waals surface area contributed by atoms with E-state index >= 15 is 0 Å². The lowest BCUT2D eigenvalue weighted by Crippen LogP contribution is -2.47. The number of carboxylic acids is 1. The molecule has 98 valence electrons. The number of nitrogens with one attached hydrogen (secondary N) is 1. The van der Waals surface area contributed by atoms with Crippen LogP contribution in [0.3, 0.4) is 0 Å². The fraction of sp³-hybridized carbons (Fsp3) is 0.800. The van der Waals surface area contributed by atoms with Crippen molar-refractivity contribution in [3.8, 4) is 6.57 Å². The largest absolute Gasteiger partial charge is 0.479 e. The van der Waals surface area contributed by atoms with E-state index in [1.807, 2.05) is 0 Å². The summed E-state index contributed by atoms with van der Waals surface area (Å²) < 4.78 is 0. The van der Waals surface area contributed by atoms with E-state index in [-0.39, 0.29) is 12.6 Å². The van der Waals surface area contributed by atoms with E-state index in [2.05, 4.69) is 17.0 Å².